The van der Waals surface area contributed by atoms with Crippen molar-refractivity contribution in [2.24, 2.45) is 0 Å². The summed E-state index contributed by atoms with van der Waals surface area (Å²) in [5.41, 5.74) is 2.05. The zero-order valence-electron chi connectivity index (χ0n) is 8.45. The van der Waals surface area contributed by atoms with Gasteiger partial charge in [0.15, 0.2) is 0 Å². The second-order valence-electron chi connectivity index (χ2n) is 3.19. The summed E-state index contributed by atoms with van der Waals surface area (Å²) in [7, 11) is 0. The molecule has 0 aliphatic rings. The standard InChI is InChI=1S/C11H13N2O/c1-3-12-9-7-5-6-8-10(9)13(4-2)11(12)14/h5,7-8H,3-4H2,1-2H3. The largest absolute Gasteiger partial charge is 0.329 e. The summed E-state index contributed by atoms with van der Waals surface area (Å²) in [6.07, 6.45) is 0. The topological polar surface area (TPSA) is 26.9 Å². The highest BCUT2D eigenvalue weighted by atomic mass is 16.1. The zero-order chi connectivity index (χ0) is 10.1. The Morgan fingerprint density at radius 1 is 1.21 bits per heavy atom. The van der Waals surface area contributed by atoms with Gasteiger partial charge in [-0.1, -0.05) is 6.07 Å². The lowest BCUT2D eigenvalue weighted by Gasteiger charge is -1.95. The highest BCUT2D eigenvalue weighted by Gasteiger charge is 2.08. The smallest absolute Gasteiger partial charge is 0.292 e. The maximum Gasteiger partial charge on any atom is 0.329 e. The van der Waals surface area contributed by atoms with E-state index in [1.165, 1.54) is 0 Å². The summed E-state index contributed by atoms with van der Waals surface area (Å²) in [5.74, 6) is 0. The molecule has 0 unspecified atom stereocenters. The van der Waals surface area contributed by atoms with Crippen LogP contribution in [-0.4, -0.2) is 9.13 Å². The van der Waals surface area contributed by atoms with Crippen molar-refractivity contribution < 1.29 is 0 Å². The molecule has 0 N–H and O–H groups in total. The maximum absolute atomic E-state index is 11.9. The summed E-state index contributed by atoms with van der Waals surface area (Å²) in [6.45, 7) is 5.39. The minimum Gasteiger partial charge on any atom is -0.292 e. The Morgan fingerprint density at radius 2 is 1.86 bits per heavy atom. The fourth-order valence-corrected chi connectivity index (χ4v) is 1.82. The Labute approximate surface area is 82.6 Å². The van der Waals surface area contributed by atoms with E-state index >= 15 is 0 Å². The quantitative estimate of drug-likeness (QED) is 0.705. The molecule has 0 fully saturated rings. The van der Waals surface area contributed by atoms with Crippen LogP contribution in [0.3, 0.4) is 0 Å². The van der Waals surface area contributed by atoms with E-state index in [0.29, 0.717) is 13.1 Å². The predicted molar refractivity (Wildman–Crippen MR) is 56.4 cm³/mol. The zero-order valence-corrected chi connectivity index (χ0v) is 8.45. The number of nitrogens with zero attached hydrogens (tertiary/aromatic N) is 2. The molecule has 1 aromatic carbocycles. The normalized spacial score (nSPS) is 11.0. The molecular weight excluding hydrogens is 176 g/mol. The van der Waals surface area contributed by atoms with Gasteiger partial charge in [0.25, 0.3) is 0 Å². The second kappa shape index (κ2) is 3.33. The van der Waals surface area contributed by atoms with Crippen molar-refractivity contribution in [2.45, 2.75) is 26.9 Å². The number of hydrogen-bond donors (Lipinski definition) is 0. The maximum atomic E-state index is 11.9. The minimum atomic E-state index is 0.0737. The molecule has 0 amide bonds. The first-order chi connectivity index (χ1) is 6.79. The minimum absolute atomic E-state index is 0.0737. The van der Waals surface area contributed by atoms with Crippen LogP contribution in [0.2, 0.25) is 0 Å². The van der Waals surface area contributed by atoms with E-state index in [9.17, 15) is 4.79 Å². The molecular formula is C11H13N2O. The summed E-state index contributed by atoms with van der Waals surface area (Å²) >= 11 is 0. The lowest BCUT2D eigenvalue weighted by molar-refractivity contribution is 0.671. The molecule has 1 heterocycles. The summed E-state index contributed by atoms with van der Waals surface area (Å²) < 4.78 is 3.56. The number of aromatic nitrogens is 2. The summed E-state index contributed by atoms with van der Waals surface area (Å²) in [5, 5.41) is 0. The van der Waals surface area contributed by atoms with Crippen molar-refractivity contribution in [2.75, 3.05) is 0 Å². The van der Waals surface area contributed by atoms with Gasteiger partial charge in [-0.3, -0.25) is 9.13 Å². The third kappa shape index (κ3) is 1.09. The first-order valence-corrected chi connectivity index (χ1v) is 4.88. The average molecular weight is 189 g/mol. The van der Waals surface area contributed by atoms with Crippen LogP contribution < -0.4 is 5.69 Å². The van der Waals surface area contributed by atoms with Gasteiger partial charge >= 0.3 is 5.69 Å². The van der Waals surface area contributed by atoms with Crippen molar-refractivity contribution in [1.82, 2.24) is 9.13 Å². The lowest BCUT2D eigenvalue weighted by Crippen LogP contribution is -2.22. The first kappa shape index (κ1) is 9.06. The highest BCUT2D eigenvalue weighted by Crippen LogP contribution is 2.11. The van der Waals surface area contributed by atoms with Gasteiger partial charge in [-0.25, -0.2) is 4.79 Å². The first-order valence-electron chi connectivity index (χ1n) is 4.88. The van der Waals surface area contributed by atoms with E-state index < -0.39 is 0 Å². The molecule has 3 heteroatoms. The molecule has 2 aromatic rings. The molecule has 0 aliphatic carbocycles. The number of rotatable bonds is 2. The molecule has 0 saturated heterocycles. The van der Waals surface area contributed by atoms with Gasteiger partial charge in [-0.2, -0.15) is 0 Å². The van der Waals surface area contributed by atoms with E-state index in [2.05, 4.69) is 6.07 Å². The molecule has 14 heavy (non-hydrogen) atoms. The number of hydrogen-bond acceptors (Lipinski definition) is 1. The van der Waals surface area contributed by atoms with Crippen LogP contribution in [0.4, 0.5) is 0 Å². The number of aryl methyl sites for hydroxylation is 2. The van der Waals surface area contributed by atoms with Crippen molar-refractivity contribution in [3.63, 3.8) is 0 Å². The number of fused-ring (bicyclic) bond motifs is 1. The Morgan fingerprint density at radius 3 is 2.50 bits per heavy atom. The van der Waals surface area contributed by atoms with Gasteiger partial charge in [-0.05, 0) is 32.0 Å². The predicted octanol–water partition coefficient (Wildman–Crippen LogP) is 1.64. The van der Waals surface area contributed by atoms with Crippen LogP contribution in [0.1, 0.15) is 13.8 Å². The van der Waals surface area contributed by atoms with E-state index in [0.717, 1.165) is 11.0 Å². The van der Waals surface area contributed by atoms with E-state index in [-0.39, 0.29) is 5.69 Å². The Balaban J connectivity index is 2.92. The SMILES string of the molecule is CCn1c(=O)n(CC)c2cc[c]cc21. The monoisotopic (exact) mass is 189 g/mol. The fraction of sp³-hybridized carbons (Fsp3) is 0.364. The molecule has 73 valence electrons. The molecule has 3 nitrogen and oxygen atoms in total. The molecule has 0 aliphatic heterocycles. The second-order valence-corrected chi connectivity index (χ2v) is 3.19. The van der Waals surface area contributed by atoms with E-state index in [1.807, 2.05) is 32.0 Å². The van der Waals surface area contributed by atoms with E-state index in [4.69, 9.17) is 0 Å². The Bertz CT molecular complexity index is 463. The molecule has 1 aromatic heterocycles. The van der Waals surface area contributed by atoms with E-state index in [1.54, 1.807) is 9.13 Å². The van der Waals surface area contributed by atoms with Gasteiger partial charge in [0.2, 0.25) is 0 Å². The average Bonchev–Trinajstić information content (AvgIpc) is 2.49. The number of benzene rings is 1. The Kier molecular flexibility index (Phi) is 2.15. The van der Waals surface area contributed by atoms with Gasteiger partial charge in [0.05, 0.1) is 11.0 Å². The molecule has 0 saturated carbocycles. The van der Waals surface area contributed by atoms with Gasteiger partial charge < -0.3 is 0 Å². The van der Waals surface area contributed by atoms with Gasteiger partial charge in [0.1, 0.15) is 0 Å². The molecule has 1 radical (unpaired) electrons. The van der Waals surface area contributed by atoms with Gasteiger partial charge in [0, 0.05) is 13.1 Å². The molecule has 0 bridgehead atoms. The highest BCUT2D eigenvalue weighted by molar-refractivity contribution is 5.75. The number of imidazole rings is 1. The lowest BCUT2D eigenvalue weighted by atomic mass is 10.3. The summed E-state index contributed by atoms with van der Waals surface area (Å²) in [6, 6.07) is 8.65. The van der Waals surface area contributed by atoms with Crippen LogP contribution >= 0.6 is 0 Å². The van der Waals surface area contributed by atoms with Crippen molar-refractivity contribution in [3.05, 3.63) is 34.7 Å². The molecule has 0 spiro atoms. The van der Waals surface area contributed by atoms with Gasteiger partial charge in [-0.15, -0.1) is 0 Å². The summed E-state index contributed by atoms with van der Waals surface area (Å²) in [4.78, 5) is 11.9. The van der Waals surface area contributed by atoms with Crippen LogP contribution in [-0.2, 0) is 13.1 Å². The molecule has 2 rings (SSSR count). The fourth-order valence-electron chi connectivity index (χ4n) is 1.82. The van der Waals surface area contributed by atoms with Crippen LogP contribution in [0, 0.1) is 6.07 Å². The van der Waals surface area contributed by atoms with Crippen LogP contribution in [0.15, 0.2) is 23.0 Å². The van der Waals surface area contributed by atoms with Crippen LogP contribution in [0.5, 0.6) is 0 Å². The third-order valence-electron chi connectivity index (χ3n) is 2.50. The third-order valence-corrected chi connectivity index (χ3v) is 2.50. The van der Waals surface area contributed by atoms with Crippen molar-refractivity contribution in [3.8, 4) is 0 Å². The Hall–Kier alpha value is -1.51. The van der Waals surface area contributed by atoms with Crippen LogP contribution in [0.25, 0.3) is 11.0 Å². The van der Waals surface area contributed by atoms with Crippen molar-refractivity contribution in [1.29, 1.82) is 0 Å². The van der Waals surface area contributed by atoms with Crippen molar-refractivity contribution >= 4 is 11.0 Å². The molecule has 0 atom stereocenters.